The molecular weight excluding hydrogens is 455 g/mol. The number of aliphatic hydroxyl groups excluding tert-OH is 1. The summed E-state index contributed by atoms with van der Waals surface area (Å²) in [5, 5.41) is 13.6. The van der Waals surface area contributed by atoms with Crippen molar-refractivity contribution in [3.8, 4) is 5.75 Å². The largest absolute Gasteiger partial charge is 0.484 e. The van der Waals surface area contributed by atoms with E-state index in [1.54, 1.807) is 6.92 Å². The molecule has 1 aromatic carbocycles. The van der Waals surface area contributed by atoms with E-state index >= 15 is 0 Å². The molecule has 0 aromatic heterocycles. The van der Waals surface area contributed by atoms with Gasteiger partial charge in [-0.05, 0) is 43.9 Å². The normalized spacial score (nSPS) is 27.4. The van der Waals surface area contributed by atoms with Crippen LogP contribution in [0.3, 0.4) is 0 Å². The summed E-state index contributed by atoms with van der Waals surface area (Å²) in [7, 11) is 0. The van der Waals surface area contributed by atoms with E-state index in [0.717, 1.165) is 31.4 Å². The molecule has 3 heterocycles. The van der Waals surface area contributed by atoms with Crippen LogP contribution in [0.2, 0.25) is 0 Å². The monoisotopic (exact) mass is 483 g/mol. The quantitative estimate of drug-likeness (QED) is 0.578. The highest BCUT2D eigenvalue weighted by molar-refractivity contribution is 5.80. The molecule has 2 amide bonds. The van der Waals surface area contributed by atoms with E-state index in [1.807, 2.05) is 0 Å². The SMILES string of the molecule is CC1C2=C(N=CC1Oc1cccc(C(F)(F)F)c1)NC(=O)N(CCCOC1CCCCO1)C2O. The van der Waals surface area contributed by atoms with Crippen LogP contribution in [-0.2, 0) is 15.7 Å². The maximum Gasteiger partial charge on any atom is 0.416 e. The van der Waals surface area contributed by atoms with Gasteiger partial charge in [0.15, 0.2) is 12.5 Å². The van der Waals surface area contributed by atoms with E-state index in [9.17, 15) is 23.1 Å². The van der Waals surface area contributed by atoms with E-state index in [1.165, 1.54) is 23.2 Å². The van der Waals surface area contributed by atoms with Crippen LogP contribution in [0.25, 0.3) is 0 Å². The number of carbonyl (C=O) groups excluding carboxylic acids is 1. The molecule has 1 saturated heterocycles. The zero-order chi connectivity index (χ0) is 24.3. The standard InChI is InChI=1S/C23H28F3N3O5/c1-14-17(34-16-7-4-6-15(12-16)23(24,25)26)13-27-20-19(14)21(30)29(22(31)28-20)9-5-11-33-18-8-2-3-10-32-18/h4,6-7,12-14,17-18,21,30H,2-3,5,8-11H2,1H3,(H,28,31). The van der Waals surface area contributed by atoms with Gasteiger partial charge in [0, 0.05) is 30.9 Å². The second-order valence-electron chi connectivity index (χ2n) is 8.50. The third kappa shape index (κ3) is 5.53. The molecule has 0 saturated carbocycles. The van der Waals surface area contributed by atoms with Crippen LogP contribution in [0.1, 0.15) is 38.2 Å². The van der Waals surface area contributed by atoms with Gasteiger partial charge in [-0.15, -0.1) is 0 Å². The first kappa shape index (κ1) is 24.5. The Hall–Kier alpha value is -2.63. The Morgan fingerprint density at radius 1 is 1.32 bits per heavy atom. The molecule has 3 aliphatic rings. The Kier molecular flexibility index (Phi) is 7.44. The Balaban J connectivity index is 1.38. The maximum atomic E-state index is 13.0. The van der Waals surface area contributed by atoms with Crippen LogP contribution in [0.5, 0.6) is 5.75 Å². The molecular formula is C23H28F3N3O5. The van der Waals surface area contributed by atoms with Crippen molar-refractivity contribution >= 4 is 12.2 Å². The van der Waals surface area contributed by atoms with Crippen LogP contribution < -0.4 is 10.1 Å². The zero-order valence-electron chi connectivity index (χ0n) is 18.8. The summed E-state index contributed by atoms with van der Waals surface area (Å²) in [6.07, 6.45) is -1.85. The summed E-state index contributed by atoms with van der Waals surface area (Å²) in [6.45, 7) is 3.06. The molecule has 186 valence electrons. The Labute approximate surface area is 195 Å². The van der Waals surface area contributed by atoms with Gasteiger partial charge in [-0.3, -0.25) is 10.2 Å². The molecule has 4 unspecified atom stereocenters. The van der Waals surface area contributed by atoms with Crippen molar-refractivity contribution in [3.63, 3.8) is 0 Å². The van der Waals surface area contributed by atoms with Crippen LogP contribution >= 0.6 is 0 Å². The zero-order valence-corrected chi connectivity index (χ0v) is 18.8. The van der Waals surface area contributed by atoms with E-state index in [0.29, 0.717) is 25.2 Å². The molecule has 0 spiro atoms. The summed E-state index contributed by atoms with van der Waals surface area (Å²) in [5.41, 5.74) is -0.377. The highest BCUT2D eigenvalue weighted by atomic mass is 19.4. The summed E-state index contributed by atoms with van der Waals surface area (Å²) in [5.74, 6) is -0.181. The fourth-order valence-electron chi connectivity index (χ4n) is 4.21. The summed E-state index contributed by atoms with van der Waals surface area (Å²) in [4.78, 5) is 18.0. The van der Waals surface area contributed by atoms with E-state index < -0.39 is 36.0 Å². The van der Waals surface area contributed by atoms with Crippen LogP contribution in [-0.4, -0.2) is 60.6 Å². The number of aliphatic imine (C=N–C) groups is 1. The number of nitrogens with zero attached hydrogens (tertiary/aromatic N) is 2. The minimum absolute atomic E-state index is 0.0375. The molecule has 1 aromatic rings. The lowest BCUT2D eigenvalue weighted by atomic mass is 9.90. The number of carbonyl (C=O) groups is 1. The number of rotatable bonds is 7. The molecule has 11 heteroatoms. The lowest BCUT2D eigenvalue weighted by molar-refractivity contribution is -0.163. The minimum Gasteiger partial charge on any atom is -0.484 e. The van der Waals surface area contributed by atoms with Gasteiger partial charge in [-0.25, -0.2) is 9.79 Å². The van der Waals surface area contributed by atoms with Crippen molar-refractivity contribution in [2.75, 3.05) is 19.8 Å². The number of benzene rings is 1. The smallest absolute Gasteiger partial charge is 0.416 e. The van der Waals surface area contributed by atoms with Gasteiger partial charge in [-0.1, -0.05) is 13.0 Å². The Morgan fingerprint density at radius 2 is 2.15 bits per heavy atom. The summed E-state index contributed by atoms with van der Waals surface area (Å²) in [6, 6.07) is 4.11. The van der Waals surface area contributed by atoms with Gasteiger partial charge in [0.2, 0.25) is 0 Å². The molecule has 2 N–H and O–H groups in total. The number of nitrogens with one attached hydrogen (secondary N) is 1. The molecule has 0 radical (unpaired) electrons. The third-order valence-corrected chi connectivity index (χ3v) is 6.09. The average Bonchev–Trinajstić information content (AvgIpc) is 2.80. The fourth-order valence-corrected chi connectivity index (χ4v) is 4.21. The van der Waals surface area contributed by atoms with Crippen molar-refractivity contribution in [2.45, 2.75) is 57.4 Å². The van der Waals surface area contributed by atoms with Gasteiger partial charge in [-0.2, -0.15) is 13.2 Å². The first-order chi connectivity index (χ1) is 16.2. The molecule has 0 aliphatic carbocycles. The van der Waals surface area contributed by atoms with E-state index in [4.69, 9.17) is 14.2 Å². The Bertz CT molecular complexity index is 946. The molecule has 4 rings (SSSR count). The second kappa shape index (κ2) is 10.3. The highest BCUT2D eigenvalue weighted by Crippen LogP contribution is 2.34. The van der Waals surface area contributed by atoms with E-state index in [2.05, 4.69) is 10.3 Å². The number of alkyl halides is 3. The van der Waals surface area contributed by atoms with Gasteiger partial charge >= 0.3 is 12.2 Å². The topological polar surface area (TPSA) is 92.6 Å². The van der Waals surface area contributed by atoms with Crippen molar-refractivity contribution in [3.05, 3.63) is 41.2 Å². The molecule has 0 bridgehead atoms. The average molecular weight is 483 g/mol. The fraction of sp³-hybridized carbons (Fsp3) is 0.565. The number of urea groups is 1. The van der Waals surface area contributed by atoms with Crippen molar-refractivity contribution in [1.82, 2.24) is 10.2 Å². The van der Waals surface area contributed by atoms with Gasteiger partial charge in [0.1, 0.15) is 17.7 Å². The van der Waals surface area contributed by atoms with Crippen LogP contribution in [0.15, 0.2) is 40.7 Å². The van der Waals surface area contributed by atoms with Crippen LogP contribution in [0, 0.1) is 5.92 Å². The maximum absolute atomic E-state index is 13.0. The summed E-state index contributed by atoms with van der Waals surface area (Å²) < 4.78 is 56.1. The van der Waals surface area contributed by atoms with Crippen LogP contribution in [0.4, 0.5) is 18.0 Å². The number of amides is 2. The second-order valence-corrected chi connectivity index (χ2v) is 8.50. The minimum atomic E-state index is -4.49. The molecule has 4 atom stereocenters. The Morgan fingerprint density at radius 3 is 2.88 bits per heavy atom. The van der Waals surface area contributed by atoms with Gasteiger partial charge in [0.25, 0.3) is 0 Å². The number of ether oxygens (including phenoxy) is 3. The predicted octanol–water partition coefficient (Wildman–Crippen LogP) is 3.66. The van der Waals surface area contributed by atoms with Crippen molar-refractivity contribution in [2.24, 2.45) is 10.9 Å². The van der Waals surface area contributed by atoms with E-state index in [-0.39, 0.29) is 24.4 Å². The molecule has 34 heavy (non-hydrogen) atoms. The lowest BCUT2D eigenvalue weighted by Gasteiger charge is -2.40. The molecule has 1 fully saturated rings. The summed E-state index contributed by atoms with van der Waals surface area (Å²) >= 11 is 0. The predicted molar refractivity (Wildman–Crippen MR) is 116 cm³/mol. The molecule has 8 nitrogen and oxygen atoms in total. The first-order valence-electron chi connectivity index (χ1n) is 11.3. The number of hydrogen-bond donors (Lipinski definition) is 2. The number of halogens is 3. The lowest BCUT2D eigenvalue weighted by Crippen LogP contribution is -2.55. The first-order valence-corrected chi connectivity index (χ1v) is 11.3. The number of hydrogen-bond acceptors (Lipinski definition) is 6. The number of aliphatic hydroxyl groups is 1. The van der Waals surface area contributed by atoms with Gasteiger partial charge in [0.05, 0.1) is 12.2 Å². The van der Waals surface area contributed by atoms with Gasteiger partial charge < -0.3 is 19.3 Å². The molecule has 3 aliphatic heterocycles. The van der Waals surface area contributed by atoms with Crippen molar-refractivity contribution < 1.29 is 37.3 Å². The van der Waals surface area contributed by atoms with Crippen molar-refractivity contribution in [1.29, 1.82) is 0 Å². The third-order valence-electron chi connectivity index (χ3n) is 6.09. The highest BCUT2D eigenvalue weighted by Gasteiger charge is 2.40.